The van der Waals surface area contributed by atoms with E-state index >= 15 is 0 Å². The number of carbonyl (C=O) groups is 1. The molecule has 31 heavy (non-hydrogen) atoms. The fourth-order valence-corrected chi connectivity index (χ4v) is 3.72. The quantitative estimate of drug-likeness (QED) is 0.330. The monoisotopic (exact) mass is 419 g/mol. The van der Waals surface area contributed by atoms with Gasteiger partial charge in [-0.1, -0.05) is 32.9 Å². The Kier molecular flexibility index (Phi) is 7.10. The Hall–Kier alpha value is -3.15. The Morgan fingerprint density at radius 2 is 1.94 bits per heavy atom. The van der Waals surface area contributed by atoms with E-state index in [1.165, 1.54) is 0 Å². The van der Waals surface area contributed by atoms with Gasteiger partial charge in [0.2, 0.25) is 0 Å². The lowest BCUT2D eigenvalue weighted by Crippen LogP contribution is -2.35. The van der Waals surface area contributed by atoms with Crippen molar-refractivity contribution in [3.63, 3.8) is 0 Å². The molecule has 6 heteroatoms. The fourth-order valence-electron chi connectivity index (χ4n) is 3.72. The molecule has 0 radical (unpaired) electrons. The highest BCUT2D eigenvalue weighted by atomic mass is 16.1. The number of allylic oxidation sites excluding steroid dienone is 1. The maximum atomic E-state index is 12.9. The van der Waals surface area contributed by atoms with Crippen LogP contribution in [-0.4, -0.2) is 33.4 Å². The predicted octanol–water partition coefficient (Wildman–Crippen LogP) is 5.56. The van der Waals surface area contributed by atoms with Crippen molar-refractivity contribution in [3.05, 3.63) is 54.2 Å². The van der Waals surface area contributed by atoms with Crippen LogP contribution in [-0.2, 0) is 0 Å². The molecule has 2 heterocycles. The zero-order chi connectivity index (χ0) is 22.4. The SMILES string of the molecule is C/C=C\CCNc1ccc(-c2nc3nccc(C(=O)NC(C)CC(C)(C)C)c3[nH]2)cc1. The number of nitrogens with zero attached hydrogens (tertiary/aromatic N) is 2. The summed E-state index contributed by atoms with van der Waals surface area (Å²) in [6.07, 6.45) is 7.72. The average Bonchev–Trinajstić information content (AvgIpc) is 3.14. The van der Waals surface area contributed by atoms with Crippen molar-refractivity contribution in [1.29, 1.82) is 0 Å². The molecule has 0 aliphatic carbocycles. The maximum absolute atomic E-state index is 12.9. The number of nitrogens with one attached hydrogen (secondary N) is 3. The van der Waals surface area contributed by atoms with Crippen LogP contribution in [0.3, 0.4) is 0 Å². The van der Waals surface area contributed by atoms with Gasteiger partial charge in [0.1, 0.15) is 5.82 Å². The van der Waals surface area contributed by atoms with Gasteiger partial charge in [-0.3, -0.25) is 4.79 Å². The highest BCUT2D eigenvalue weighted by molar-refractivity contribution is 6.04. The van der Waals surface area contributed by atoms with Crippen molar-refractivity contribution in [2.24, 2.45) is 5.41 Å². The van der Waals surface area contributed by atoms with Crippen molar-refractivity contribution in [2.45, 2.75) is 53.5 Å². The van der Waals surface area contributed by atoms with Crippen LogP contribution < -0.4 is 10.6 Å². The first-order valence-electron chi connectivity index (χ1n) is 10.9. The molecule has 3 N–H and O–H groups in total. The summed E-state index contributed by atoms with van der Waals surface area (Å²) in [4.78, 5) is 25.1. The lowest BCUT2D eigenvalue weighted by atomic mass is 9.88. The molecule has 2 aromatic heterocycles. The van der Waals surface area contributed by atoms with Crippen LogP contribution in [0.25, 0.3) is 22.6 Å². The highest BCUT2D eigenvalue weighted by Gasteiger charge is 2.20. The van der Waals surface area contributed by atoms with E-state index in [4.69, 9.17) is 0 Å². The molecule has 0 fully saturated rings. The van der Waals surface area contributed by atoms with Crippen molar-refractivity contribution in [3.8, 4) is 11.4 Å². The smallest absolute Gasteiger partial charge is 0.253 e. The van der Waals surface area contributed by atoms with Gasteiger partial charge < -0.3 is 15.6 Å². The molecule has 0 aliphatic heterocycles. The fraction of sp³-hybridized carbons (Fsp3) is 0.400. The average molecular weight is 420 g/mol. The number of carbonyl (C=O) groups excluding carboxylic acids is 1. The molecular formula is C25H33N5O. The van der Waals surface area contributed by atoms with Crippen LogP contribution in [0.15, 0.2) is 48.7 Å². The second-order valence-electron chi connectivity index (χ2n) is 9.14. The molecule has 3 aromatic rings. The van der Waals surface area contributed by atoms with Crippen molar-refractivity contribution < 1.29 is 4.79 Å². The summed E-state index contributed by atoms with van der Waals surface area (Å²) in [5, 5.41) is 6.50. The Morgan fingerprint density at radius 1 is 1.19 bits per heavy atom. The molecule has 0 aliphatic rings. The van der Waals surface area contributed by atoms with E-state index in [1.807, 2.05) is 38.1 Å². The molecule has 0 saturated carbocycles. The number of aromatic amines is 1. The molecule has 1 amide bonds. The first-order valence-corrected chi connectivity index (χ1v) is 10.9. The molecule has 1 unspecified atom stereocenters. The van der Waals surface area contributed by atoms with Gasteiger partial charge in [-0.25, -0.2) is 9.97 Å². The first-order chi connectivity index (χ1) is 14.8. The second-order valence-corrected chi connectivity index (χ2v) is 9.14. The normalized spacial score (nSPS) is 12.9. The number of hydrogen-bond acceptors (Lipinski definition) is 4. The molecule has 0 bridgehead atoms. The lowest BCUT2D eigenvalue weighted by molar-refractivity contribution is 0.0932. The third-order valence-electron chi connectivity index (χ3n) is 4.97. The lowest BCUT2D eigenvalue weighted by Gasteiger charge is -2.24. The van der Waals surface area contributed by atoms with Crippen LogP contribution >= 0.6 is 0 Å². The molecule has 6 nitrogen and oxygen atoms in total. The number of pyridine rings is 1. The van der Waals surface area contributed by atoms with E-state index in [1.54, 1.807) is 12.3 Å². The number of aromatic nitrogens is 3. The van der Waals surface area contributed by atoms with Crippen molar-refractivity contribution >= 4 is 22.8 Å². The van der Waals surface area contributed by atoms with Gasteiger partial charge in [-0.05, 0) is 62.4 Å². The maximum Gasteiger partial charge on any atom is 0.253 e. The van der Waals surface area contributed by atoms with Gasteiger partial charge >= 0.3 is 0 Å². The summed E-state index contributed by atoms with van der Waals surface area (Å²) in [5.74, 6) is 0.589. The van der Waals surface area contributed by atoms with Gasteiger partial charge in [-0.2, -0.15) is 0 Å². The minimum atomic E-state index is -0.111. The van der Waals surface area contributed by atoms with Crippen LogP contribution in [0.1, 0.15) is 57.8 Å². The number of amides is 1. The van der Waals surface area contributed by atoms with Crippen LogP contribution in [0.4, 0.5) is 5.69 Å². The third-order valence-corrected chi connectivity index (χ3v) is 4.97. The van der Waals surface area contributed by atoms with Gasteiger partial charge in [-0.15, -0.1) is 0 Å². The van der Waals surface area contributed by atoms with Crippen LogP contribution in [0.2, 0.25) is 0 Å². The summed E-state index contributed by atoms with van der Waals surface area (Å²) in [6.45, 7) is 11.5. The molecule has 1 aromatic carbocycles. The number of rotatable bonds is 8. The largest absolute Gasteiger partial charge is 0.385 e. The van der Waals surface area contributed by atoms with E-state index in [-0.39, 0.29) is 17.4 Å². The summed E-state index contributed by atoms with van der Waals surface area (Å²) < 4.78 is 0. The molecule has 1 atom stereocenters. The number of H-pyrrole nitrogens is 1. The minimum absolute atomic E-state index is 0.0750. The Balaban J connectivity index is 1.76. The van der Waals surface area contributed by atoms with E-state index in [9.17, 15) is 4.79 Å². The zero-order valence-electron chi connectivity index (χ0n) is 19.1. The topological polar surface area (TPSA) is 82.7 Å². The third kappa shape index (κ3) is 6.17. The van der Waals surface area contributed by atoms with Gasteiger partial charge in [0.05, 0.1) is 11.1 Å². The number of imidazole rings is 1. The number of anilines is 1. The zero-order valence-corrected chi connectivity index (χ0v) is 19.1. The van der Waals surface area contributed by atoms with E-state index in [2.05, 4.69) is 58.5 Å². The van der Waals surface area contributed by atoms with Crippen molar-refractivity contribution in [2.75, 3.05) is 11.9 Å². The number of hydrogen-bond donors (Lipinski definition) is 3. The standard InChI is InChI=1S/C25H33N5O/c1-6-7-8-14-26-19-11-9-18(10-12-19)22-29-21-20(13-15-27-23(21)30-22)24(31)28-17(2)16-25(3,4)5/h6-7,9-13,15,17,26H,8,14,16H2,1-5H3,(H,28,31)(H,27,29,30)/b7-6-. The molecule has 3 rings (SSSR count). The molecular weight excluding hydrogens is 386 g/mol. The van der Waals surface area contributed by atoms with Crippen LogP contribution in [0.5, 0.6) is 0 Å². The van der Waals surface area contributed by atoms with Gasteiger partial charge in [0.15, 0.2) is 5.65 Å². The van der Waals surface area contributed by atoms with Gasteiger partial charge in [0, 0.05) is 30.0 Å². The first kappa shape index (κ1) is 22.5. The Morgan fingerprint density at radius 3 is 2.61 bits per heavy atom. The van der Waals surface area contributed by atoms with Gasteiger partial charge in [0.25, 0.3) is 5.91 Å². The Labute approximate surface area is 184 Å². The van der Waals surface area contributed by atoms with E-state index < -0.39 is 0 Å². The molecule has 0 spiro atoms. The Bertz CT molecular complexity index is 1040. The number of benzene rings is 1. The predicted molar refractivity (Wildman–Crippen MR) is 128 cm³/mol. The highest BCUT2D eigenvalue weighted by Crippen LogP contribution is 2.24. The number of fused-ring (bicyclic) bond motifs is 1. The molecule has 0 saturated heterocycles. The van der Waals surface area contributed by atoms with E-state index in [0.717, 1.165) is 30.6 Å². The van der Waals surface area contributed by atoms with Crippen LogP contribution in [0, 0.1) is 5.41 Å². The molecule has 164 valence electrons. The van der Waals surface area contributed by atoms with E-state index in [0.29, 0.717) is 22.6 Å². The summed E-state index contributed by atoms with van der Waals surface area (Å²) in [6, 6.07) is 9.91. The summed E-state index contributed by atoms with van der Waals surface area (Å²) in [5.41, 5.74) is 3.92. The summed E-state index contributed by atoms with van der Waals surface area (Å²) in [7, 11) is 0. The summed E-state index contributed by atoms with van der Waals surface area (Å²) >= 11 is 0. The van der Waals surface area contributed by atoms with Crippen molar-refractivity contribution in [1.82, 2.24) is 20.3 Å². The second kappa shape index (κ2) is 9.77. The minimum Gasteiger partial charge on any atom is -0.385 e.